The summed E-state index contributed by atoms with van der Waals surface area (Å²) in [4.78, 5) is 41.2. The Hall–Kier alpha value is -3.79. The van der Waals surface area contributed by atoms with Crippen LogP contribution in [0.5, 0.6) is 0 Å². The van der Waals surface area contributed by atoms with Gasteiger partial charge in [0.1, 0.15) is 10.7 Å². The molecule has 3 heterocycles. The topological polar surface area (TPSA) is 117 Å². The fourth-order valence-corrected chi connectivity index (χ4v) is 4.46. The summed E-state index contributed by atoms with van der Waals surface area (Å²) in [7, 11) is 1.29. The van der Waals surface area contributed by atoms with Crippen LogP contribution in [-0.2, 0) is 9.53 Å². The van der Waals surface area contributed by atoms with Crippen molar-refractivity contribution >= 4 is 29.3 Å². The molecule has 1 aliphatic rings. The molecule has 0 bridgehead atoms. The number of carbonyl (C=O) groups excluding carboxylic acids is 1. The Morgan fingerprint density at radius 3 is 2.68 bits per heavy atom. The Morgan fingerprint density at radius 2 is 2.06 bits per heavy atom. The lowest BCUT2D eigenvalue weighted by molar-refractivity contribution is -0.402. The first kappa shape index (κ1) is 20.5. The summed E-state index contributed by atoms with van der Waals surface area (Å²) >= 11 is 1.13. The minimum absolute atomic E-state index is 0.177. The van der Waals surface area contributed by atoms with Crippen LogP contribution in [0, 0.1) is 10.1 Å². The molecule has 9 nitrogen and oxygen atoms in total. The van der Waals surface area contributed by atoms with Gasteiger partial charge in [-0.1, -0.05) is 48.6 Å². The molecule has 10 heteroatoms. The third-order valence-electron chi connectivity index (χ3n) is 4.83. The maximum absolute atomic E-state index is 13.3. The summed E-state index contributed by atoms with van der Waals surface area (Å²) in [6, 6.07) is 11.1. The highest BCUT2D eigenvalue weighted by atomic mass is 32.1. The van der Waals surface area contributed by atoms with E-state index in [1.54, 1.807) is 0 Å². The van der Waals surface area contributed by atoms with Gasteiger partial charge in [0, 0.05) is 6.08 Å². The largest absolute Gasteiger partial charge is 0.466 e. The van der Waals surface area contributed by atoms with Crippen LogP contribution in [-0.4, -0.2) is 22.6 Å². The highest BCUT2D eigenvalue weighted by Crippen LogP contribution is 2.31. The number of rotatable bonds is 5. The first-order valence-electron chi connectivity index (χ1n) is 9.37. The zero-order valence-electron chi connectivity index (χ0n) is 16.6. The lowest BCUT2D eigenvalue weighted by Crippen LogP contribution is -2.40. The fourth-order valence-electron chi connectivity index (χ4n) is 3.46. The van der Waals surface area contributed by atoms with Crippen LogP contribution in [0.15, 0.2) is 67.9 Å². The first-order chi connectivity index (χ1) is 14.9. The highest BCUT2D eigenvalue weighted by molar-refractivity contribution is 7.07. The number of hydrogen-bond acceptors (Lipinski definition) is 8. The van der Waals surface area contributed by atoms with Gasteiger partial charge in [0.25, 0.3) is 5.56 Å². The molecule has 0 fully saturated rings. The minimum Gasteiger partial charge on any atom is -0.466 e. The van der Waals surface area contributed by atoms with E-state index in [9.17, 15) is 19.7 Å². The van der Waals surface area contributed by atoms with Crippen LogP contribution < -0.4 is 14.9 Å². The van der Waals surface area contributed by atoms with Crippen LogP contribution in [0.4, 0.5) is 5.88 Å². The molecule has 31 heavy (non-hydrogen) atoms. The van der Waals surface area contributed by atoms with Crippen molar-refractivity contribution in [3.63, 3.8) is 0 Å². The summed E-state index contributed by atoms with van der Waals surface area (Å²) < 4.78 is 11.9. The second-order valence-corrected chi connectivity index (χ2v) is 7.64. The van der Waals surface area contributed by atoms with Gasteiger partial charge in [0.05, 0.1) is 35.0 Å². The van der Waals surface area contributed by atoms with Crippen molar-refractivity contribution in [2.75, 3.05) is 7.11 Å². The number of allylic oxidation sites excluding steroid dienone is 1. The van der Waals surface area contributed by atoms with Crippen LogP contribution in [0.1, 0.15) is 30.7 Å². The molecule has 158 valence electrons. The van der Waals surface area contributed by atoms with Gasteiger partial charge in [-0.3, -0.25) is 19.5 Å². The van der Waals surface area contributed by atoms with E-state index in [1.165, 1.54) is 29.9 Å². The molecule has 0 amide bonds. The lowest BCUT2D eigenvalue weighted by atomic mass is 9.95. The Bertz CT molecular complexity index is 1380. The maximum atomic E-state index is 13.3. The smallest absolute Gasteiger partial charge is 0.433 e. The molecule has 4 rings (SSSR count). The number of fused-ring (bicyclic) bond motifs is 1. The SMILES string of the molecule is CCC1=C(C(=O)OC)[C@H](c2ccccc2)n2c(s/c(=C\c3ccc([N+](=O)[O-])o3)c2=O)=N1. The number of methoxy groups -OCH3 is 1. The van der Waals surface area contributed by atoms with E-state index in [1.807, 2.05) is 37.3 Å². The van der Waals surface area contributed by atoms with Gasteiger partial charge < -0.3 is 9.15 Å². The third-order valence-corrected chi connectivity index (χ3v) is 5.81. The summed E-state index contributed by atoms with van der Waals surface area (Å²) in [5.74, 6) is -0.788. The zero-order valence-corrected chi connectivity index (χ0v) is 17.4. The molecule has 0 radical (unpaired) electrons. The Morgan fingerprint density at radius 1 is 1.32 bits per heavy atom. The standard InChI is InChI=1S/C21H17N3O6S/c1-3-14-17(20(26)29-2)18(12-7-5-4-6-8-12)23-19(25)15(31-21(23)22-14)11-13-9-10-16(30-13)24(27)28/h4-11,18H,3H2,1-2H3/b15-11-/t18-/m0/s1. The summed E-state index contributed by atoms with van der Waals surface area (Å²) in [5.41, 5.74) is 1.21. The van der Waals surface area contributed by atoms with E-state index >= 15 is 0 Å². The van der Waals surface area contributed by atoms with Gasteiger partial charge >= 0.3 is 11.9 Å². The summed E-state index contributed by atoms with van der Waals surface area (Å²) in [6.07, 6.45) is 1.91. The second kappa shape index (κ2) is 8.15. The van der Waals surface area contributed by atoms with Crippen LogP contribution in [0.2, 0.25) is 0 Å². The molecular weight excluding hydrogens is 422 g/mol. The Balaban J connectivity index is 1.97. The number of nitrogens with zero attached hydrogens (tertiary/aromatic N) is 3. The van der Waals surface area contributed by atoms with Gasteiger partial charge in [-0.2, -0.15) is 0 Å². The number of ether oxygens (including phenoxy) is 1. The number of nitro groups is 1. The van der Waals surface area contributed by atoms with E-state index in [0.29, 0.717) is 22.5 Å². The van der Waals surface area contributed by atoms with E-state index in [2.05, 4.69) is 4.99 Å². The monoisotopic (exact) mass is 439 g/mol. The van der Waals surface area contributed by atoms with Crippen molar-refractivity contribution in [1.82, 2.24) is 4.57 Å². The van der Waals surface area contributed by atoms with Crippen LogP contribution >= 0.6 is 11.3 Å². The van der Waals surface area contributed by atoms with Crippen LogP contribution in [0.3, 0.4) is 0 Å². The third kappa shape index (κ3) is 3.61. The molecule has 1 atom stereocenters. The van der Waals surface area contributed by atoms with Gasteiger partial charge in [0.15, 0.2) is 4.80 Å². The Labute approximate surface area is 179 Å². The van der Waals surface area contributed by atoms with E-state index < -0.39 is 22.8 Å². The summed E-state index contributed by atoms with van der Waals surface area (Å²) in [5, 5.41) is 10.9. The predicted molar refractivity (Wildman–Crippen MR) is 112 cm³/mol. The molecule has 0 aliphatic carbocycles. The number of carbonyl (C=O) groups is 1. The molecule has 1 aromatic carbocycles. The van der Waals surface area contributed by atoms with Crippen molar-refractivity contribution in [3.8, 4) is 0 Å². The van der Waals surface area contributed by atoms with E-state index in [0.717, 1.165) is 16.9 Å². The molecule has 0 N–H and O–H groups in total. The number of esters is 1. The normalized spacial score (nSPS) is 16.1. The van der Waals surface area contributed by atoms with Crippen molar-refractivity contribution in [3.05, 3.63) is 94.9 Å². The van der Waals surface area contributed by atoms with E-state index in [-0.39, 0.29) is 15.9 Å². The summed E-state index contributed by atoms with van der Waals surface area (Å²) in [6.45, 7) is 1.88. The lowest BCUT2D eigenvalue weighted by Gasteiger charge is -2.25. The predicted octanol–water partition coefficient (Wildman–Crippen LogP) is 2.30. The average molecular weight is 439 g/mol. The van der Waals surface area contributed by atoms with Crippen LogP contribution in [0.25, 0.3) is 6.08 Å². The molecule has 0 saturated carbocycles. The minimum atomic E-state index is -0.701. The van der Waals surface area contributed by atoms with Crippen molar-refractivity contribution in [2.45, 2.75) is 19.4 Å². The molecular formula is C21H17N3O6S. The van der Waals surface area contributed by atoms with E-state index in [4.69, 9.17) is 9.15 Å². The van der Waals surface area contributed by atoms with Crippen molar-refractivity contribution in [1.29, 1.82) is 0 Å². The molecule has 0 spiro atoms. The van der Waals surface area contributed by atoms with Gasteiger partial charge in [0.2, 0.25) is 0 Å². The maximum Gasteiger partial charge on any atom is 0.433 e. The second-order valence-electron chi connectivity index (χ2n) is 6.63. The highest BCUT2D eigenvalue weighted by Gasteiger charge is 2.33. The number of benzene rings is 1. The van der Waals surface area contributed by atoms with Crippen molar-refractivity contribution in [2.24, 2.45) is 4.99 Å². The fraction of sp³-hybridized carbons (Fsp3) is 0.190. The molecule has 3 aromatic rings. The quantitative estimate of drug-likeness (QED) is 0.342. The van der Waals surface area contributed by atoms with Gasteiger partial charge in [-0.05, 0) is 18.1 Å². The first-order valence-corrected chi connectivity index (χ1v) is 10.2. The van der Waals surface area contributed by atoms with Gasteiger partial charge in [-0.25, -0.2) is 9.79 Å². The van der Waals surface area contributed by atoms with Gasteiger partial charge in [-0.15, -0.1) is 0 Å². The van der Waals surface area contributed by atoms with Crippen molar-refractivity contribution < 1.29 is 18.9 Å². The average Bonchev–Trinajstić information content (AvgIpc) is 3.37. The zero-order chi connectivity index (χ0) is 22.1. The molecule has 0 saturated heterocycles. The number of hydrogen-bond donors (Lipinski definition) is 0. The molecule has 0 unspecified atom stereocenters. The number of furan rings is 1. The molecule has 1 aliphatic heterocycles. The number of aromatic nitrogens is 1. The number of thiazole rings is 1. The Kier molecular flexibility index (Phi) is 5.38. The molecule has 2 aromatic heterocycles.